The summed E-state index contributed by atoms with van der Waals surface area (Å²) in [6, 6.07) is 4.33. The number of nitrogens with two attached hydrogens (primary N) is 1. The summed E-state index contributed by atoms with van der Waals surface area (Å²) < 4.78 is 10.7. The van der Waals surface area contributed by atoms with Crippen molar-refractivity contribution in [1.82, 2.24) is 0 Å². The number of hydrogen-bond donors (Lipinski definition) is 1. The molecule has 0 saturated carbocycles. The molecule has 0 aromatic heterocycles. The minimum Gasteiger partial charge on any atom is -0.481 e. The Morgan fingerprint density at radius 3 is 2.29 bits per heavy atom. The zero-order chi connectivity index (χ0) is 16.0. The van der Waals surface area contributed by atoms with Crippen LogP contribution < -0.4 is 10.5 Å². The SMILES string of the molecule is CCC(N)Cc1cc(C)c(OCC(=O)OC(C)C)c(C)c1. The van der Waals surface area contributed by atoms with Crippen molar-refractivity contribution in [3.8, 4) is 5.75 Å². The molecule has 0 bridgehead atoms. The van der Waals surface area contributed by atoms with Crippen LogP contribution >= 0.6 is 0 Å². The number of carbonyl (C=O) groups is 1. The predicted octanol–water partition coefficient (Wildman–Crippen LogP) is 2.91. The predicted molar refractivity (Wildman–Crippen MR) is 84.6 cm³/mol. The molecule has 4 heteroatoms. The van der Waals surface area contributed by atoms with Gasteiger partial charge in [-0.25, -0.2) is 4.79 Å². The van der Waals surface area contributed by atoms with E-state index in [-0.39, 0.29) is 24.7 Å². The van der Waals surface area contributed by atoms with Gasteiger partial charge in [-0.2, -0.15) is 0 Å². The van der Waals surface area contributed by atoms with E-state index >= 15 is 0 Å². The topological polar surface area (TPSA) is 61.5 Å². The van der Waals surface area contributed by atoms with E-state index in [1.807, 2.05) is 27.7 Å². The third-order valence-electron chi connectivity index (χ3n) is 3.24. The lowest BCUT2D eigenvalue weighted by molar-refractivity contribution is -0.149. The molecule has 0 fully saturated rings. The summed E-state index contributed by atoms with van der Waals surface area (Å²) in [7, 11) is 0. The first-order valence-corrected chi connectivity index (χ1v) is 7.51. The van der Waals surface area contributed by atoms with Crippen molar-refractivity contribution in [3.05, 3.63) is 28.8 Å². The molecule has 118 valence electrons. The van der Waals surface area contributed by atoms with Crippen LogP contribution in [0.4, 0.5) is 0 Å². The van der Waals surface area contributed by atoms with Crippen molar-refractivity contribution in [2.24, 2.45) is 5.73 Å². The van der Waals surface area contributed by atoms with Crippen LogP contribution in [0.5, 0.6) is 5.75 Å². The average Bonchev–Trinajstić information content (AvgIpc) is 2.36. The Labute approximate surface area is 127 Å². The van der Waals surface area contributed by atoms with Gasteiger partial charge in [-0.3, -0.25) is 0 Å². The number of aryl methyl sites for hydroxylation is 2. The molecule has 1 rings (SSSR count). The molecule has 0 aliphatic carbocycles. The van der Waals surface area contributed by atoms with Crippen LogP contribution in [0, 0.1) is 13.8 Å². The third-order valence-corrected chi connectivity index (χ3v) is 3.24. The van der Waals surface area contributed by atoms with E-state index in [4.69, 9.17) is 15.2 Å². The summed E-state index contributed by atoms with van der Waals surface area (Å²) >= 11 is 0. The minimum absolute atomic E-state index is 0.0618. The summed E-state index contributed by atoms with van der Waals surface area (Å²) in [5, 5.41) is 0. The second-order valence-corrected chi connectivity index (χ2v) is 5.76. The van der Waals surface area contributed by atoms with Gasteiger partial charge in [0.2, 0.25) is 0 Å². The maximum Gasteiger partial charge on any atom is 0.344 e. The van der Waals surface area contributed by atoms with Crippen LogP contribution in [-0.4, -0.2) is 24.7 Å². The van der Waals surface area contributed by atoms with Gasteiger partial charge in [0.05, 0.1) is 6.10 Å². The molecular formula is C17H27NO3. The number of carbonyl (C=O) groups excluding carboxylic acids is 1. The smallest absolute Gasteiger partial charge is 0.344 e. The first kappa shape index (κ1) is 17.5. The van der Waals surface area contributed by atoms with Crippen molar-refractivity contribution in [2.75, 3.05) is 6.61 Å². The molecular weight excluding hydrogens is 266 g/mol. The summed E-state index contributed by atoms with van der Waals surface area (Å²) in [5.41, 5.74) is 9.24. The van der Waals surface area contributed by atoms with E-state index in [1.54, 1.807) is 0 Å². The number of esters is 1. The largest absolute Gasteiger partial charge is 0.481 e. The van der Waals surface area contributed by atoms with Gasteiger partial charge in [0.15, 0.2) is 6.61 Å². The van der Waals surface area contributed by atoms with Crippen molar-refractivity contribution >= 4 is 5.97 Å². The highest BCUT2D eigenvalue weighted by Gasteiger charge is 2.12. The Bertz CT molecular complexity index is 460. The lowest BCUT2D eigenvalue weighted by Gasteiger charge is -2.16. The molecule has 1 atom stereocenters. The van der Waals surface area contributed by atoms with Crippen LogP contribution in [0.25, 0.3) is 0 Å². The average molecular weight is 293 g/mol. The molecule has 0 aliphatic rings. The molecule has 2 N–H and O–H groups in total. The van der Waals surface area contributed by atoms with Gasteiger partial charge >= 0.3 is 5.97 Å². The minimum atomic E-state index is -0.346. The van der Waals surface area contributed by atoms with Gasteiger partial charge in [0, 0.05) is 6.04 Å². The van der Waals surface area contributed by atoms with E-state index in [9.17, 15) is 4.79 Å². The lowest BCUT2D eigenvalue weighted by atomic mass is 9.99. The van der Waals surface area contributed by atoms with E-state index in [2.05, 4.69) is 19.1 Å². The fourth-order valence-corrected chi connectivity index (χ4v) is 2.26. The molecule has 0 amide bonds. The highest BCUT2D eigenvalue weighted by atomic mass is 16.6. The molecule has 4 nitrogen and oxygen atoms in total. The molecule has 1 unspecified atom stereocenters. The number of benzene rings is 1. The quantitative estimate of drug-likeness (QED) is 0.785. The molecule has 0 saturated heterocycles. The Hall–Kier alpha value is -1.55. The fraction of sp³-hybridized carbons (Fsp3) is 0.588. The number of ether oxygens (including phenoxy) is 2. The third kappa shape index (κ3) is 5.76. The maximum absolute atomic E-state index is 11.5. The summed E-state index contributed by atoms with van der Waals surface area (Å²) in [6.45, 7) is 9.63. The zero-order valence-corrected chi connectivity index (χ0v) is 13.7. The van der Waals surface area contributed by atoms with Gasteiger partial charge in [0.25, 0.3) is 0 Å². The van der Waals surface area contributed by atoms with Gasteiger partial charge in [-0.05, 0) is 57.2 Å². The molecule has 0 spiro atoms. The molecule has 0 aliphatic heterocycles. The summed E-state index contributed by atoms with van der Waals surface area (Å²) in [4.78, 5) is 11.5. The molecule has 0 radical (unpaired) electrons. The van der Waals surface area contributed by atoms with Gasteiger partial charge in [-0.1, -0.05) is 19.1 Å². The molecule has 21 heavy (non-hydrogen) atoms. The highest BCUT2D eigenvalue weighted by molar-refractivity contribution is 5.71. The normalized spacial score (nSPS) is 12.3. The highest BCUT2D eigenvalue weighted by Crippen LogP contribution is 2.25. The Balaban J connectivity index is 2.73. The lowest BCUT2D eigenvalue weighted by Crippen LogP contribution is -2.21. The van der Waals surface area contributed by atoms with Crippen LogP contribution in [0.1, 0.15) is 43.9 Å². The molecule has 0 heterocycles. The first-order chi connectivity index (χ1) is 9.83. The summed E-state index contributed by atoms with van der Waals surface area (Å²) in [5.74, 6) is 0.408. The first-order valence-electron chi connectivity index (χ1n) is 7.51. The van der Waals surface area contributed by atoms with E-state index in [0.29, 0.717) is 0 Å². The van der Waals surface area contributed by atoms with Crippen LogP contribution in [0.2, 0.25) is 0 Å². The maximum atomic E-state index is 11.5. The van der Waals surface area contributed by atoms with Gasteiger partial charge < -0.3 is 15.2 Å². The fourth-order valence-electron chi connectivity index (χ4n) is 2.26. The second-order valence-electron chi connectivity index (χ2n) is 5.76. The van der Waals surface area contributed by atoms with E-state index in [0.717, 1.165) is 29.7 Å². The second kappa shape index (κ2) is 8.03. The molecule has 1 aromatic carbocycles. The molecule has 1 aromatic rings. The van der Waals surface area contributed by atoms with Crippen LogP contribution in [0.15, 0.2) is 12.1 Å². The number of hydrogen-bond acceptors (Lipinski definition) is 4. The Kier molecular flexibility index (Phi) is 6.69. The number of rotatable bonds is 7. The zero-order valence-electron chi connectivity index (χ0n) is 13.7. The van der Waals surface area contributed by atoms with Gasteiger partial charge in [-0.15, -0.1) is 0 Å². The standard InChI is InChI=1S/C17H27NO3/c1-6-15(18)9-14-7-12(4)17(13(5)8-14)20-10-16(19)21-11(2)3/h7-8,11,15H,6,9-10,18H2,1-5H3. The monoisotopic (exact) mass is 293 g/mol. The Morgan fingerprint density at radius 2 is 1.81 bits per heavy atom. The van der Waals surface area contributed by atoms with Gasteiger partial charge in [0.1, 0.15) is 5.75 Å². The van der Waals surface area contributed by atoms with Crippen molar-refractivity contribution in [1.29, 1.82) is 0 Å². The van der Waals surface area contributed by atoms with E-state index in [1.165, 1.54) is 5.56 Å². The van der Waals surface area contributed by atoms with Crippen molar-refractivity contribution in [2.45, 2.75) is 59.6 Å². The Morgan fingerprint density at radius 1 is 1.24 bits per heavy atom. The van der Waals surface area contributed by atoms with Crippen LogP contribution in [0.3, 0.4) is 0 Å². The van der Waals surface area contributed by atoms with Crippen molar-refractivity contribution in [3.63, 3.8) is 0 Å². The van der Waals surface area contributed by atoms with Crippen molar-refractivity contribution < 1.29 is 14.3 Å². The van der Waals surface area contributed by atoms with E-state index < -0.39 is 0 Å². The summed E-state index contributed by atoms with van der Waals surface area (Å²) in [6.07, 6.45) is 1.69. The van der Waals surface area contributed by atoms with Crippen LogP contribution in [-0.2, 0) is 16.0 Å².